The molecule has 0 bridgehead atoms. The molecule has 2 aromatic carbocycles. The molecule has 0 saturated heterocycles. The van der Waals surface area contributed by atoms with Crippen molar-refractivity contribution in [1.82, 2.24) is 0 Å². The fourth-order valence-electron chi connectivity index (χ4n) is 1.77. The minimum atomic E-state index is -0.295. The van der Waals surface area contributed by atoms with Crippen molar-refractivity contribution in [3.63, 3.8) is 0 Å². The number of carbonyl (C=O) groups is 1. The van der Waals surface area contributed by atoms with Gasteiger partial charge in [-0.1, -0.05) is 78.9 Å². The van der Waals surface area contributed by atoms with Gasteiger partial charge in [0.15, 0.2) is 0 Å². The summed E-state index contributed by atoms with van der Waals surface area (Å²) < 4.78 is 5.25. The SMILES string of the molecule is CC(=CC=Cc1ccccc1)C(=O)OCc1ccccc1. The van der Waals surface area contributed by atoms with Crippen LogP contribution >= 0.6 is 0 Å². The van der Waals surface area contributed by atoms with Crippen molar-refractivity contribution in [1.29, 1.82) is 0 Å². The van der Waals surface area contributed by atoms with E-state index in [1.807, 2.05) is 72.8 Å². The van der Waals surface area contributed by atoms with E-state index >= 15 is 0 Å². The summed E-state index contributed by atoms with van der Waals surface area (Å²) in [4.78, 5) is 11.8. The van der Waals surface area contributed by atoms with Crippen molar-refractivity contribution in [2.24, 2.45) is 0 Å². The second-order valence-corrected chi connectivity index (χ2v) is 4.68. The molecular formula is C19H18O2. The molecule has 106 valence electrons. The van der Waals surface area contributed by atoms with Crippen LogP contribution in [0.15, 0.2) is 78.4 Å². The van der Waals surface area contributed by atoms with Gasteiger partial charge in [0.05, 0.1) is 0 Å². The molecule has 0 spiro atoms. The van der Waals surface area contributed by atoms with Crippen LogP contribution in [-0.4, -0.2) is 5.97 Å². The van der Waals surface area contributed by atoms with Crippen LogP contribution in [0, 0.1) is 0 Å². The number of benzene rings is 2. The van der Waals surface area contributed by atoms with Crippen LogP contribution in [0.5, 0.6) is 0 Å². The lowest BCUT2D eigenvalue weighted by Gasteiger charge is -2.04. The average molecular weight is 278 g/mol. The van der Waals surface area contributed by atoms with Crippen LogP contribution in [0.25, 0.3) is 6.08 Å². The van der Waals surface area contributed by atoms with Crippen molar-refractivity contribution >= 4 is 12.0 Å². The van der Waals surface area contributed by atoms with Crippen LogP contribution in [0.1, 0.15) is 18.1 Å². The molecule has 0 amide bonds. The molecule has 2 aromatic rings. The van der Waals surface area contributed by atoms with E-state index < -0.39 is 0 Å². The van der Waals surface area contributed by atoms with Gasteiger partial charge in [-0.25, -0.2) is 4.79 Å². The van der Waals surface area contributed by atoms with E-state index in [9.17, 15) is 4.79 Å². The zero-order valence-corrected chi connectivity index (χ0v) is 12.0. The Labute approximate surface area is 125 Å². The molecule has 0 radical (unpaired) electrons. The third-order valence-corrected chi connectivity index (χ3v) is 2.97. The molecule has 0 atom stereocenters. The zero-order valence-electron chi connectivity index (χ0n) is 12.0. The number of rotatable bonds is 5. The lowest BCUT2D eigenvalue weighted by atomic mass is 10.2. The van der Waals surface area contributed by atoms with Gasteiger partial charge in [0.1, 0.15) is 6.61 Å². The Morgan fingerprint density at radius 2 is 1.62 bits per heavy atom. The molecule has 2 nitrogen and oxygen atoms in total. The van der Waals surface area contributed by atoms with E-state index in [1.165, 1.54) is 0 Å². The Kier molecular flexibility index (Phi) is 5.53. The largest absolute Gasteiger partial charge is 0.457 e. The summed E-state index contributed by atoms with van der Waals surface area (Å²) in [5.74, 6) is -0.295. The number of allylic oxidation sites excluding steroid dienone is 2. The molecule has 2 heteroatoms. The highest BCUT2D eigenvalue weighted by atomic mass is 16.5. The van der Waals surface area contributed by atoms with Crippen LogP contribution < -0.4 is 0 Å². The van der Waals surface area contributed by atoms with Gasteiger partial charge in [0, 0.05) is 5.57 Å². The third kappa shape index (κ3) is 5.11. The second kappa shape index (κ2) is 7.85. The minimum Gasteiger partial charge on any atom is -0.457 e. The predicted molar refractivity (Wildman–Crippen MR) is 85.5 cm³/mol. The van der Waals surface area contributed by atoms with Gasteiger partial charge in [0.2, 0.25) is 0 Å². The summed E-state index contributed by atoms with van der Waals surface area (Å²) >= 11 is 0. The molecule has 0 aliphatic heterocycles. The monoisotopic (exact) mass is 278 g/mol. The maximum absolute atomic E-state index is 11.8. The first-order chi connectivity index (χ1) is 10.3. The summed E-state index contributed by atoms with van der Waals surface area (Å²) in [5, 5.41) is 0. The first kappa shape index (κ1) is 14.8. The van der Waals surface area contributed by atoms with Gasteiger partial charge in [-0.2, -0.15) is 0 Å². The summed E-state index contributed by atoms with van der Waals surface area (Å²) in [6.45, 7) is 2.05. The Balaban J connectivity index is 1.87. The minimum absolute atomic E-state index is 0.295. The van der Waals surface area contributed by atoms with Crippen molar-refractivity contribution in [2.45, 2.75) is 13.5 Å². The van der Waals surface area contributed by atoms with E-state index in [4.69, 9.17) is 4.74 Å². The number of esters is 1. The molecule has 0 saturated carbocycles. The van der Waals surface area contributed by atoms with Gasteiger partial charge >= 0.3 is 5.97 Å². The molecule has 0 aliphatic carbocycles. The fourth-order valence-corrected chi connectivity index (χ4v) is 1.77. The summed E-state index contributed by atoms with van der Waals surface area (Å²) in [7, 11) is 0. The zero-order chi connectivity index (χ0) is 14.9. The van der Waals surface area contributed by atoms with Crippen molar-refractivity contribution in [3.8, 4) is 0 Å². The maximum atomic E-state index is 11.8. The standard InChI is InChI=1S/C19H18O2/c1-16(9-8-14-17-10-4-2-5-11-17)19(20)21-15-18-12-6-3-7-13-18/h2-14H,15H2,1H3. The van der Waals surface area contributed by atoms with Crippen LogP contribution in [0.4, 0.5) is 0 Å². The van der Waals surface area contributed by atoms with E-state index in [1.54, 1.807) is 13.0 Å². The molecule has 0 fully saturated rings. The van der Waals surface area contributed by atoms with E-state index in [2.05, 4.69) is 0 Å². The van der Waals surface area contributed by atoms with Gasteiger partial charge in [-0.15, -0.1) is 0 Å². The van der Waals surface area contributed by atoms with E-state index in [0.29, 0.717) is 12.2 Å². The number of hydrogen-bond acceptors (Lipinski definition) is 2. The fraction of sp³-hybridized carbons (Fsp3) is 0.105. The predicted octanol–water partition coefficient (Wildman–Crippen LogP) is 4.39. The maximum Gasteiger partial charge on any atom is 0.334 e. The lowest BCUT2D eigenvalue weighted by molar-refractivity contribution is -0.140. The summed E-state index contributed by atoms with van der Waals surface area (Å²) in [6, 6.07) is 19.6. The van der Waals surface area contributed by atoms with Crippen LogP contribution in [0.2, 0.25) is 0 Å². The quantitative estimate of drug-likeness (QED) is 0.460. The molecule has 0 aromatic heterocycles. The third-order valence-electron chi connectivity index (χ3n) is 2.97. The molecular weight excluding hydrogens is 260 g/mol. The number of carbonyl (C=O) groups excluding carboxylic acids is 1. The first-order valence-electron chi connectivity index (χ1n) is 6.87. The Hall–Kier alpha value is -2.61. The molecule has 21 heavy (non-hydrogen) atoms. The highest BCUT2D eigenvalue weighted by molar-refractivity contribution is 5.88. The molecule has 0 aliphatic rings. The number of ether oxygens (including phenoxy) is 1. The Morgan fingerprint density at radius 1 is 1.00 bits per heavy atom. The van der Waals surface area contributed by atoms with Gasteiger partial charge in [-0.05, 0) is 18.1 Å². The second-order valence-electron chi connectivity index (χ2n) is 4.68. The lowest BCUT2D eigenvalue weighted by Crippen LogP contribution is -2.05. The molecule has 0 heterocycles. The highest BCUT2D eigenvalue weighted by Crippen LogP contribution is 2.06. The van der Waals surface area contributed by atoms with E-state index in [-0.39, 0.29) is 5.97 Å². The Morgan fingerprint density at radius 3 is 2.29 bits per heavy atom. The first-order valence-corrected chi connectivity index (χ1v) is 6.87. The van der Waals surface area contributed by atoms with Crippen LogP contribution in [-0.2, 0) is 16.1 Å². The van der Waals surface area contributed by atoms with Gasteiger partial charge < -0.3 is 4.74 Å². The smallest absolute Gasteiger partial charge is 0.334 e. The summed E-state index contributed by atoms with van der Waals surface area (Å²) in [6.07, 6.45) is 5.57. The van der Waals surface area contributed by atoms with Crippen molar-refractivity contribution in [3.05, 3.63) is 89.5 Å². The molecule has 0 unspecified atom stereocenters. The van der Waals surface area contributed by atoms with Crippen molar-refractivity contribution < 1.29 is 9.53 Å². The summed E-state index contributed by atoms with van der Waals surface area (Å²) in [5.41, 5.74) is 2.66. The van der Waals surface area contributed by atoms with Crippen LogP contribution in [0.3, 0.4) is 0 Å². The van der Waals surface area contributed by atoms with Crippen molar-refractivity contribution in [2.75, 3.05) is 0 Å². The number of hydrogen-bond donors (Lipinski definition) is 0. The highest BCUT2D eigenvalue weighted by Gasteiger charge is 2.04. The average Bonchev–Trinajstić information content (AvgIpc) is 2.54. The normalized spacial score (nSPS) is 11.6. The van der Waals surface area contributed by atoms with Gasteiger partial charge in [-0.3, -0.25) is 0 Å². The molecule has 0 N–H and O–H groups in total. The molecule has 2 rings (SSSR count). The van der Waals surface area contributed by atoms with Gasteiger partial charge in [0.25, 0.3) is 0 Å². The van der Waals surface area contributed by atoms with E-state index in [0.717, 1.165) is 11.1 Å². The topological polar surface area (TPSA) is 26.3 Å². The Bertz CT molecular complexity index is 625.